The van der Waals surface area contributed by atoms with Crippen molar-refractivity contribution in [2.24, 2.45) is 0 Å². The summed E-state index contributed by atoms with van der Waals surface area (Å²) in [6, 6.07) is 0. The molecule has 68 valence electrons. The molecule has 0 N–H and O–H groups in total. The van der Waals surface area contributed by atoms with Crippen LogP contribution in [0.4, 0.5) is 0 Å². The Labute approximate surface area is 75.2 Å². The van der Waals surface area contributed by atoms with Gasteiger partial charge in [-0.1, -0.05) is 25.3 Å². The van der Waals surface area contributed by atoms with Crippen molar-refractivity contribution in [3.8, 4) is 12.3 Å². The second kappa shape index (κ2) is 8.32. The van der Waals surface area contributed by atoms with Crippen molar-refractivity contribution in [2.45, 2.75) is 19.8 Å². The van der Waals surface area contributed by atoms with Crippen LogP contribution in [0.15, 0.2) is 12.7 Å². The van der Waals surface area contributed by atoms with Gasteiger partial charge in [0.2, 0.25) is 0 Å². The largest absolute Gasteiger partial charge is 0.294 e. The lowest BCUT2D eigenvalue weighted by molar-refractivity contribution is -0.138. The average Bonchev–Trinajstić information content (AvgIpc) is 2.10. The van der Waals surface area contributed by atoms with Crippen molar-refractivity contribution in [3.63, 3.8) is 0 Å². The maximum atomic E-state index is 5.31. The van der Waals surface area contributed by atoms with Crippen molar-refractivity contribution in [2.75, 3.05) is 19.7 Å². The Balaban J connectivity index is 3.55. The summed E-state index contributed by atoms with van der Waals surface area (Å²) in [5.41, 5.74) is 0. The lowest BCUT2D eigenvalue weighted by Crippen LogP contribution is -2.25. The Morgan fingerprint density at radius 1 is 1.67 bits per heavy atom. The van der Waals surface area contributed by atoms with E-state index in [1.54, 1.807) is 11.1 Å². The second-order valence-electron chi connectivity index (χ2n) is 2.51. The fourth-order valence-electron chi connectivity index (χ4n) is 0.784. The van der Waals surface area contributed by atoms with E-state index < -0.39 is 0 Å². The van der Waals surface area contributed by atoms with Gasteiger partial charge >= 0.3 is 0 Å². The van der Waals surface area contributed by atoms with E-state index in [4.69, 9.17) is 11.3 Å². The van der Waals surface area contributed by atoms with Crippen molar-refractivity contribution in [3.05, 3.63) is 12.7 Å². The number of nitrogens with zero attached hydrogens (tertiary/aromatic N) is 1. The number of hydrogen-bond donors (Lipinski definition) is 0. The molecular weight excluding hydrogens is 150 g/mol. The van der Waals surface area contributed by atoms with Gasteiger partial charge < -0.3 is 0 Å². The predicted octanol–water partition coefficient (Wildman–Crippen LogP) is 1.84. The van der Waals surface area contributed by atoms with Crippen molar-refractivity contribution in [1.82, 2.24) is 5.06 Å². The zero-order valence-electron chi connectivity index (χ0n) is 7.75. The third kappa shape index (κ3) is 5.96. The van der Waals surface area contributed by atoms with Gasteiger partial charge in [0.1, 0.15) is 0 Å². The standard InChI is InChI=1S/C10H17NO/c1-4-7-9-11(8-5-2)12-10-6-3/h2,6H,3-4,7-10H2,1H3. The number of unbranched alkanes of at least 4 members (excludes halogenated alkanes) is 1. The first-order chi connectivity index (χ1) is 5.85. The smallest absolute Gasteiger partial charge is 0.0864 e. The van der Waals surface area contributed by atoms with Crippen molar-refractivity contribution in [1.29, 1.82) is 0 Å². The molecule has 0 aromatic heterocycles. The van der Waals surface area contributed by atoms with Gasteiger partial charge in [0.25, 0.3) is 0 Å². The fraction of sp³-hybridized carbons (Fsp3) is 0.600. The van der Waals surface area contributed by atoms with E-state index in [-0.39, 0.29) is 0 Å². The Kier molecular flexibility index (Phi) is 7.78. The van der Waals surface area contributed by atoms with E-state index in [2.05, 4.69) is 19.4 Å². The molecule has 0 radical (unpaired) electrons. The Morgan fingerprint density at radius 2 is 2.42 bits per heavy atom. The first-order valence-electron chi connectivity index (χ1n) is 4.27. The summed E-state index contributed by atoms with van der Waals surface area (Å²) in [7, 11) is 0. The molecule has 0 atom stereocenters. The molecule has 0 saturated carbocycles. The molecule has 0 rings (SSSR count). The van der Waals surface area contributed by atoms with E-state index >= 15 is 0 Å². The highest BCUT2D eigenvalue weighted by Gasteiger charge is 2.00. The highest BCUT2D eigenvalue weighted by molar-refractivity contribution is 4.86. The molecule has 0 saturated heterocycles. The molecule has 0 aromatic rings. The first-order valence-corrected chi connectivity index (χ1v) is 4.27. The summed E-state index contributed by atoms with van der Waals surface area (Å²) in [5, 5.41) is 1.80. The topological polar surface area (TPSA) is 12.5 Å². The van der Waals surface area contributed by atoms with Gasteiger partial charge in [-0.2, -0.15) is 5.06 Å². The Hall–Kier alpha value is -0.780. The van der Waals surface area contributed by atoms with Crippen LogP contribution in [0.2, 0.25) is 0 Å². The molecule has 0 aromatic carbocycles. The lowest BCUT2D eigenvalue weighted by atomic mass is 10.3. The molecule has 0 bridgehead atoms. The maximum absolute atomic E-state index is 5.31. The molecule has 2 heteroatoms. The Bertz CT molecular complexity index is 148. The third-order valence-electron chi connectivity index (χ3n) is 1.40. The minimum atomic E-state index is 0.533. The van der Waals surface area contributed by atoms with Crippen LogP contribution in [-0.2, 0) is 4.84 Å². The minimum absolute atomic E-state index is 0.533. The molecule has 12 heavy (non-hydrogen) atoms. The molecule has 2 nitrogen and oxygen atoms in total. The van der Waals surface area contributed by atoms with Gasteiger partial charge in [-0.25, -0.2) is 0 Å². The monoisotopic (exact) mass is 167 g/mol. The summed E-state index contributed by atoms with van der Waals surface area (Å²) in [5.74, 6) is 2.55. The lowest BCUT2D eigenvalue weighted by Gasteiger charge is -2.17. The van der Waals surface area contributed by atoms with Crippen LogP contribution in [-0.4, -0.2) is 24.8 Å². The molecule has 0 aliphatic carbocycles. The van der Waals surface area contributed by atoms with Gasteiger partial charge in [-0.15, -0.1) is 13.0 Å². The first kappa shape index (κ1) is 11.2. The molecule has 0 fully saturated rings. The number of rotatable bonds is 7. The Morgan fingerprint density at radius 3 is 2.92 bits per heavy atom. The molecule has 0 unspecified atom stereocenters. The van der Waals surface area contributed by atoms with Crippen LogP contribution in [0.1, 0.15) is 19.8 Å². The van der Waals surface area contributed by atoms with E-state index in [9.17, 15) is 0 Å². The SMILES string of the molecule is C#CCN(CCCC)OCC=C. The van der Waals surface area contributed by atoms with Crippen LogP contribution in [0.25, 0.3) is 0 Å². The minimum Gasteiger partial charge on any atom is -0.294 e. The molecule has 0 heterocycles. The molecule has 0 spiro atoms. The van der Waals surface area contributed by atoms with E-state index in [1.807, 2.05) is 0 Å². The van der Waals surface area contributed by atoms with Crippen LogP contribution < -0.4 is 0 Å². The van der Waals surface area contributed by atoms with Crippen molar-refractivity contribution < 1.29 is 4.84 Å². The predicted molar refractivity (Wildman–Crippen MR) is 51.5 cm³/mol. The molecule has 0 aliphatic heterocycles. The summed E-state index contributed by atoms with van der Waals surface area (Å²) in [4.78, 5) is 5.31. The van der Waals surface area contributed by atoms with Gasteiger partial charge in [0.15, 0.2) is 0 Å². The highest BCUT2D eigenvalue weighted by Crippen LogP contribution is 1.95. The van der Waals surface area contributed by atoms with Gasteiger partial charge in [0.05, 0.1) is 13.2 Å². The van der Waals surface area contributed by atoms with Crippen LogP contribution >= 0.6 is 0 Å². The molecular formula is C10H17NO. The maximum Gasteiger partial charge on any atom is 0.0864 e. The van der Waals surface area contributed by atoms with Crippen LogP contribution in [0.3, 0.4) is 0 Å². The van der Waals surface area contributed by atoms with Gasteiger partial charge in [-0.05, 0) is 6.42 Å². The molecule has 0 amide bonds. The average molecular weight is 167 g/mol. The third-order valence-corrected chi connectivity index (χ3v) is 1.40. The quantitative estimate of drug-likeness (QED) is 0.326. The van der Waals surface area contributed by atoms with Crippen LogP contribution in [0.5, 0.6) is 0 Å². The summed E-state index contributed by atoms with van der Waals surface area (Å²) >= 11 is 0. The second-order valence-corrected chi connectivity index (χ2v) is 2.51. The number of hydroxylamine groups is 2. The highest BCUT2D eigenvalue weighted by atomic mass is 16.7. The van der Waals surface area contributed by atoms with E-state index in [1.165, 1.54) is 0 Å². The van der Waals surface area contributed by atoms with Gasteiger partial charge in [0, 0.05) is 6.54 Å². The summed E-state index contributed by atoms with van der Waals surface area (Å²) in [6.07, 6.45) is 9.15. The zero-order chi connectivity index (χ0) is 9.23. The van der Waals surface area contributed by atoms with E-state index in [0.29, 0.717) is 13.2 Å². The number of terminal acetylenes is 1. The fourth-order valence-corrected chi connectivity index (χ4v) is 0.784. The van der Waals surface area contributed by atoms with E-state index in [0.717, 1.165) is 19.4 Å². The normalized spacial score (nSPS) is 9.75. The summed E-state index contributed by atoms with van der Waals surface area (Å²) < 4.78 is 0. The molecule has 0 aliphatic rings. The van der Waals surface area contributed by atoms with Crippen molar-refractivity contribution >= 4 is 0 Å². The zero-order valence-corrected chi connectivity index (χ0v) is 7.75. The number of hydrogen-bond acceptors (Lipinski definition) is 2. The summed E-state index contributed by atoms with van der Waals surface area (Å²) in [6.45, 7) is 7.69. The van der Waals surface area contributed by atoms with Crippen LogP contribution in [0, 0.1) is 12.3 Å². The van der Waals surface area contributed by atoms with Gasteiger partial charge in [-0.3, -0.25) is 4.84 Å².